The van der Waals surface area contributed by atoms with E-state index in [-0.39, 0.29) is 22.0 Å². The molecule has 0 unspecified atom stereocenters. The number of thioether (sulfide) groups is 1. The monoisotopic (exact) mass is 553 g/mol. The first kappa shape index (κ1) is 25.1. The van der Waals surface area contributed by atoms with Crippen LogP contribution in [0, 0.1) is 10.1 Å². The number of carbonyl (C=O) groups is 1. The standard InChI is InChI=1S/C25H20ClN5O4S2/c26-18-11-10-15(12-19(18)31(34)35)13-27-29-21(32)14-36-25-28-23-22(17-8-4-5-9-20(17)37-23)24(33)30(25)16-6-2-1-3-7-16/h1-3,6-7,10-13H,4-5,8-9,14H2,(H,29,32)/b27-13+. The van der Waals surface area contributed by atoms with E-state index < -0.39 is 10.8 Å². The number of amides is 1. The van der Waals surface area contributed by atoms with Gasteiger partial charge in [-0.25, -0.2) is 10.4 Å². The van der Waals surface area contributed by atoms with Crippen LogP contribution in [0.1, 0.15) is 28.8 Å². The summed E-state index contributed by atoms with van der Waals surface area (Å²) in [6, 6.07) is 13.5. The second-order valence-electron chi connectivity index (χ2n) is 8.31. The number of hydrogen-bond donors (Lipinski definition) is 1. The molecule has 2 heterocycles. The molecule has 0 bridgehead atoms. The van der Waals surface area contributed by atoms with Gasteiger partial charge in [-0.1, -0.05) is 47.6 Å². The predicted octanol–water partition coefficient (Wildman–Crippen LogP) is 5.13. The topological polar surface area (TPSA) is 119 Å². The fraction of sp³-hybridized carbons (Fsp3) is 0.200. The van der Waals surface area contributed by atoms with Gasteiger partial charge in [0.2, 0.25) is 0 Å². The summed E-state index contributed by atoms with van der Waals surface area (Å²) in [4.78, 5) is 43.4. The van der Waals surface area contributed by atoms with Gasteiger partial charge in [0.25, 0.3) is 17.2 Å². The second-order valence-corrected chi connectivity index (χ2v) is 10.7. The largest absolute Gasteiger partial charge is 0.288 e. The van der Waals surface area contributed by atoms with E-state index in [0.29, 0.717) is 26.6 Å². The summed E-state index contributed by atoms with van der Waals surface area (Å²) in [5.74, 6) is -0.447. The smallest absolute Gasteiger partial charge is 0.272 e. The quantitative estimate of drug-likeness (QED) is 0.111. The Labute approximate surface area is 224 Å². The number of aromatic nitrogens is 2. The summed E-state index contributed by atoms with van der Waals surface area (Å²) in [7, 11) is 0. The second kappa shape index (κ2) is 10.8. The molecule has 188 valence electrons. The van der Waals surface area contributed by atoms with Gasteiger partial charge in [-0.2, -0.15) is 5.10 Å². The number of para-hydroxylation sites is 1. The minimum atomic E-state index is -0.588. The van der Waals surface area contributed by atoms with Crippen molar-refractivity contribution in [2.75, 3.05) is 5.75 Å². The summed E-state index contributed by atoms with van der Waals surface area (Å²) in [5.41, 5.74) is 4.25. The average Bonchev–Trinajstić information content (AvgIpc) is 3.27. The van der Waals surface area contributed by atoms with Gasteiger partial charge in [-0.15, -0.1) is 11.3 Å². The van der Waals surface area contributed by atoms with Gasteiger partial charge in [-0.05, 0) is 49.4 Å². The highest BCUT2D eigenvalue weighted by Crippen LogP contribution is 2.35. The average molecular weight is 554 g/mol. The van der Waals surface area contributed by atoms with Crippen LogP contribution in [0.3, 0.4) is 0 Å². The molecule has 0 saturated heterocycles. The number of benzene rings is 2. The Hall–Kier alpha value is -3.54. The number of nitro groups is 1. The number of hydrazone groups is 1. The predicted molar refractivity (Wildman–Crippen MR) is 146 cm³/mol. The maximum Gasteiger partial charge on any atom is 0.288 e. The minimum Gasteiger partial charge on any atom is -0.272 e. The molecule has 1 amide bonds. The van der Waals surface area contributed by atoms with Crippen molar-refractivity contribution >= 4 is 62.7 Å². The zero-order chi connectivity index (χ0) is 25.9. The molecule has 1 N–H and O–H groups in total. The van der Waals surface area contributed by atoms with Crippen molar-refractivity contribution in [3.63, 3.8) is 0 Å². The van der Waals surface area contributed by atoms with Crippen LogP contribution in [0.5, 0.6) is 0 Å². The number of aryl methyl sites for hydroxylation is 2. The summed E-state index contributed by atoms with van der Waals surface area (Å²) >= 11 is 8.53. The number of hydrogen-bond acceptors (Lipinski definition) is 8. The fourth-order valence-corrected chi connectivity index (χ4v) is 6.47. The van der Waals surface area contributed by atoms with E-state index >= 15 is 0 Å². The van der Waals surface area contributed by atoms with E-state index in [9.17, 15) is 19.7 Å². The Morgan fingerprint density at radius 2 is 2.03 bits per heavy atom. The highest BCUT2D eigenvalue weighted by molar-refractivity contribution is 7.99. The molecule has 9 nitrogen and oxygen atoms in total. The third kappa shape index (κ3) is 5.29. The maximum absolute atomic E-state index is 13.7. The molecule has 0 spiro atoms. The molecule has 5 rings (SSSR count). The van der Waals surface area contributed by atoms with Gasteiger partial charge in [0, 0.05) is 16.5 Å². The van der Waals surface area contributed by atoms with Crippen LogP contribution < -0.4 is 11.0 Å². The normalized spacial score (nSPS) is 13.1. The number of halogens is 1. The number of nitrogens with one attached hydrogen (secondary N) is 1. The fourth-order valence-electron chi connectivity index (χ4n) is 4.18. The number of fused-ring (bicyclic) bond motifs is 3. The summed E-state index contributed by atoms with van der Waals surface area (Å²) in [6.07, 6.45) is 5.31. The molecule has 37 heavy (non-hydrogen) atoms. The van der Waals surface area contributed by atoms with E-state index in [1.54, 1.807) is 22.0 Å². The Bertz CT molecular complexity index is 1600. The molecule has 12 heteroatoms. The van der Waals surface area contributed by atoms with Crippen molar-refractivity contribution in [3.05, 3.63) is 90.0 Å². The molecule has 1 aliphatic rings. The number of carbonyl (C=O) groups excluding carboxylic acids is 1. The third-order valence-corrected chi connectivity index (χ3v) is 8.32. The van der Waals surface area contributed by atoms with Gasteiger partial charge in [0.05, 0.1) is 28.0 Å². The van der Waals surface area contributed by atoms with Gasteiger partial charge >= 0.3 is 0 Å². The molecule has 2 aromatic carbocycles. The van der Waals surface area contributed by atoms with Crippen molar-refractivity contribution < 1.29 is 9.72 Å². The molecule has 4 aromatic rings. The number of nitrogens with zero attached hydrogens (tertiary/aromatic N) is 4. The Morgan fingerprint density at radius 1 is 1.24 bits per heavy atom. The SMILES string of the molecule is O=C(CSc1nc2sc3c(c2c(=O)n1-c1ccccc1)CCCC3)N/N=C/c1ccc(Cl)c([N+](=O)[O-])c1. The molecule has 0 aliphatic heterocycles. The molecular formula is C25H20ClN5O4S2. The minimum absolute atomic E-state index is 0.0168. The van der Waals surface area contributed by atoms with E-state index in [0.717, 1.165) is 43.0 Å². The molecule has 0 fully saturated rings. The first-order valence-corrected chi connectivity index (χ1v) is 13.6. The Balaban J connectivity index is 1.38. The van der Waals surface area contributed by atoms with Crippen LogP contribution in [0.4, 0.5) is 5.69 Å². The highest BCUT2D eigenvalue weighted by Gasteiger charge is 2.23. The summed E-state index contributed by atoms with van der Waals surface area (Å²) in [5, 5.41) is 16.1. The van der Waals surface area contributed by atoms with Crippen LogP contribution in [0.15, 0.2) is 63.6 Å². The van der Waals surface area contributed by atoms with E-state index in [2.05, 4.69) is 10.5 Å². The summed E-state index contributed by atoms with van der Waals surface area (Å²) < 4.78 is 1.57. The van der Waals surface area contributed by atoms with Crippen molar-refractivity contribution in [1.82, 2.24) is 15.0 Å². The molecule has 0 radical (unpaired) electrons. The van der Waals surface area contributed by atoms with Crippen molar-refractivity contribution in [2.45, 2.75) is 30.8 Å². The number of thiophene rings is 1. The molecule has 0 saturated carbocycles. The molecular weight excluding hydrogens is 534 g/mol. The third-order valence-electron chi connectivity index (χ3n) is 5.87. The first-order chi connectivity index (χ1) is 17.9. The number of nitro benzene ring substituents is 1. The van der Waals surface area contributed by atoms with Gasteiger partial charge < -0.3 is 0 Å². The zero-order valence-electron chi connectivity index (χ0n) is 19.3. The van der Waals surface area contributed by atoms with Gasteiger partial charge in [0.15, 0.2) is 5.16 Å². The van der Waals surface area contributed by atoms with Crippen LogP contribution in [0.2, 0.25) is 5.02 Å². The lowest BCUT2D eigenvalue weighted by Crippen LogP contribution is -2.24. The van der Waals surface area contributed by atoms with Crippen LogP contribution in [-0.4, -0.2) is 32.3 Å². The van der Waals surface area contributed by atoms with Crippen LogP contribution in [-0.2, 0) is 17.6 Å². The van der Waals surface area contributed by atoms with Crippen molar-refractivity contribution in [1.29, 1.82) is 0 Å². The highest BCUT2D eigenvalue weighted by atomic mass is 35.5. The van der Waals surface area contributed by atoms with Gasteiger partial charge in [0.1, 0.15) is 9.85 Å². The van der Waals surface area contributed by atoms with E-state index in [4.69, 9.17) is 16.6 Å². The van der Waals surface area contributed by atoms with E-state index in [1.165, 1.54) is 23.2 Å². The molecule has 2 aromatic heterocycles. The lowest BCUT2D eigenvalue weighted by atomic mass is 9.97. The Kier molecular flexibility index (Phi) is 7.36. The lowest BCUT2D eigenvalue weighted by Gasteiger charge is -2.13. The summed E-state index contributed by atoms with van der Waals surface area (Å²) in [6.45, 7) is 0. The molecule has 1 aliphatic carbocycles. The van der Waals surface area contributed by atoms with Gasteiger partial charge in [-0.3, -0.25) is 24.3 Å². The van der Waals surface area contributed by atoms with Crippen LogP contribution >= 0.6 is 34.7 Å². The first-order valence-electron chi connectivity index (χ1n) is 11.4. The Morgan fingerprint density at radius 3 is 2.81 bits per heavy atom. The zero-order valence-corrected chi connectivity index (χ0v) is 21.7. The van der Waals surface area contributed by atoms with E-state index in [1.807, 2.05) is 30.3 Å². The van der Waals surface area contributed by atoms with Crippen molar-refractivity contribution in [2.24, 2.45) is 5.10 Å². The van der Waals surface area contributed by atoms with Crippen molar-refractivity contribution in [3.8, 4) is 5.69 Å². The maximum atomic E-state index is 13.7. The van der Waals surface area contributed by atoms with Crippen LogP contribution in [0.25, 0.3) is 15.9 Å². The number of rotatable bonds is 7. The lowest BCUT2D eigenvalue weighted by molar-refractivity contribution is -0.384. The molecule has 0 atom stereocenters.